The predicted molar refractivity (Wildman–Crippen MR) is 64.4 cm³/mol. The van der Waals surface area contributed by atoms with Gasteiger partial charge in [-0.25, -0.2) is 9.97 Å². The first-order valence-electron chi connectivity index (χ1n) is 5.64. The first kappa shape index (κ1) is 10.9. The fourth-order valence-electron chi connectivity index (χ4n) is 1.80. The van der Waals surface area contributed by atoms with Gasteiger partial charge in [0, 0.05) is 6.04 Å². The van der Waals surface area contributed by atoms with E-state index in [1.807, 2.05) is 6.92 Å². The number of H-pyrrole nitrogens is 1. The van der Waals surface area contributed by atoms with Gasteiger partial charge in [0.2, 0.25) is 0 Å². The average Bonchev–Trinajstić information content (AvgIpc) is 2.62. The minimum absolute atomic E-state index is 0.403. The number of nitrogens with one attached hydrogen (secondary N) is 2. The summed E-state index contributed by atoms with van der Waals surface area (Å²) < 4.78 is 0. The highest BCUT2D eigenvalue weighted by Gasteiger charge is 2.10. The van der Waals surface area contributed by atoms with E-state index in [0.717, 1.165) is 35.4 Å². The molecule has 2 heterocycles. The largest absolute Gasteiger partial charge is 0.366 e. The Morgan fingerprint density at radius 3 is 2.94 bits per heavy atom. The molecule has 0 aliphatic heterocycles. The number of hydrogen-bond donors (Lipinski definition) is 2. The van der Waals surface area contributed by atoms with Gasteiger partial charge in [0.05, 0.1) is 5.69 Å². The summed E-state index contributed by atoms with van der Waals surface area (Å²) in [7, 11) is 0. The third-order valence-electron chi connectivity index (χ3n) is 2.62. The molecule has 0 amide bonds. The van der Waals surface area contributed by atoms with Gasteiger partial charge in [0.15, 0.2) is 11.3 Å². The van der Waals surface area contributed by atoms with Gasteiger partial charge in [0.1, 0.15) is 11.8 Å². The van der Waals surface area contributed by atoms with E-state index in [2.05, 4.69) is 39.3 Å². The quantitative estimate of drug-likeness (QED) is 0.827. The van der Waals surface area contributed by atoms with Crippen LogP contribution in [0.4, 0.5) is 5.82 Å². The van der Waals surface area contributed by atoms with Crippen molar-refractivity contribution in [2.45, 2.75) is 39.7 Å². The van der Waals surface area contributed by atoms with Gasteiger partial charge >= 0.3 is 0 Å². The van der Waals surface area contributed by atoms with Gasteiger partial charge in [-0.3, -0.25) is 5.10 Å². The molecule has 0 radical (unpaired) electrons. The van der Waals surface area contributed by atoms with Crippen LogP contribution in [0.3, 0.4) is 0 Å². The topological polar surface area (TPSA) is 66.5 Å². The predicted octanol–water partition coefficient (Wildman–Crippen LogP) is 2.26. The van der Waals surface area contributed by atoms with Gasteiger partial charge in [-0.1, -0.05) is 13.3 Å². The number of hydrogen-bond acceptors (Lipinski definition) is 4. The number of fused-ring (bicyclic) bond motifs is 1. The van der Waals surface area contributed by atoms with Crippen LogP contribution in [0.2, 0.25) is 0 Å². The molecule has 0 aliphatic rings. The van der Waals surface area contributed by atoms with Gasteiger partial charge in [-0.15, -0.1) is 0 Å². The zero-order valence-corrected chi connectivity index (χ0v) is 9.91. The summed E-state index contributed by atoms with van der Waals surface area (Å²) in [5.41, 5.74) is 2.69. The van der Waals surface area contributed by atoms with E-state index in [0.29, 0.717) is 6.04 Å². The standard InChI is InChI=1S/C11H17N5/c1-4-5-7(2)14-11-10-9(12-6-13-11)8(3)15-16-10/h6-7H,4-5H2,1-3H3,(H,15,16)(H,12,13,14)/t7-/m1/s1. The lowest BCUT2D eigenvalue weighted by molar-refractivity contribution is 0.688. The van der Waals surface area contributed by atoms with E-state index >= 15 is 0 Å². The van der Waals surface area contributed by atoms with Gasteiger partial charge in [-0.2, -0.15) is 5.10 Å². The third kappa shape index (κ3) is 1.98. The Kier molecular flexibility index (Phi) is 3.03. The summed E-state index contributed by atoms with van der Waals surface area (Å²) in [6.45, 7) is 6.28. The molecule has 0 unspecified atom stereocenters. The Morgan fingerprint density at radius 2 is 2.19 bits per heavy atom. The van der Waals surface area contributed by atoms with Crippen LogP contribution in [-0.4, -0.2) is 26.2 Å². The molecule has 0 aromatic carbocycles. The molecular formula is C11H17N5. The van der Waals surface area contributed by atoms with Crippen molar-refractivity contribution in [2.75, 3.05) is 5.32 Å². The lowest BCUT2D eigenvalue weighted by Crippen LogP contribution is -2.15. The molecule has 2 N–H and O–H groups in total. The molecule has 5 heteroatoms. The Labute approximate surface area is 94.7 Å². The normalized spacial score (nSPS) is 12.9. The maximum atomic E-state index is 4.24. The van der Waals surface area contributed by atoms with Crippen molar-refractivity contribution in [3.8, 4) is 0 Å². The zero-order chi connectivity index (χ0) is 11.5. The molecule has 2 rings (SSSR count). The molecule has 2 aromatic rings. The van der Waals surface area contributed by atoms with E-state index in [1.165, 1.54) is 0 Å². The van der Waals surface area contributed by atoms with Crippen LogP contribution in [0.1, 0.15) is 32.4 Å². The third-order valence-corrected chi connectivity index (χ3v) is 2.62. The van der Waals surface area contributed by atoms with Crippen LogP contribution in [0.25, 0.3) is 11.0 Å². The SMILES string of the molecule is CCC[C@@H](C)Nc1ncnc2c(C)[nH]nc12. The molecule has 0 saturated heterocycles. The summed E-state index contributed by atoms with van der Waals surface area (Å²) in [4.78, 5) is 8.45. The summed E-state index contributed by atoms with van der Waals surface area (Å²) >= 11 is 0. The van der Waals surface area contributed by atoms with E-state index in [4.69, 9.17) is 0 Å². The van der Waals surface area contributed by atoms with Crippen molar-refractivity contribution in [1.82, 2.24) is 20.2 Å². The van der Waals surface area contributed by atoms with Crippen molar-refractivity contribution in [3.05, 3.63) is 12.0 Å². The molecule has 1 atom stereocenters. The number of nitrogens with zero attached hydrogens (tertiary/aromatic N) is 3. The zero-order valence-electron chi connectivity index (χ0n) is 9.91. The summed E-state index contributed by atoms with van der Waals surface area (Å²) in [5, 5.41) is 10.5. The molecule has 5 nitrogen and oxygen atoms in total. The lowest BCUT2D eigenvalue weighted by atomic mass is 10.2. The van der Waals surface area contributed by atoms with Gasteiger partial charge < -0.3 is 5.32 Å². The fourth-order valence-corrected chi connectivity index (χ4v) is 1.80. The van der Waals surface area contributed by atoms with Crippen LogP contribution in [0.5, 0.6) is 0 Å². The second-order valence-corrected chi connectivity index (χ2v) is 4.10. The van der Waals surface area contributed by atoms with Crippen molar-refractivity contribution in [2.24, 2.45) is 0 Å². The van der Waals surface area contributed by atoms with Crippen molar-refractivity contribution in [1.29, 1.82) is 0 Å². The Morgan fingerprint density at radius 1 is 1.38 bits per heavy atom. The highest BCUT2D eigenvalue weighted by molar-refractivity contribution is 5.86. The van der Waals surface area contributed by atoms with Gasteiger partial charge in [0.25, 0.3) is 0 Å². The molecule has 16 heavy (non-hydrogen) atoms. The average molecular weight is 219 g/mol. The van der Waals surface area contributed by atoms with Crippen LogP contribution < -0.4 is 5.32 Å². The second kappa shape index (κ2) is 4.47. The van der Waals surface area contributed by atoms with Crippen molar-refractivity contribution < 1.29 is 0 Å². The number of anilines is 1. The number of aryl methyl sites for hydroxylation is 1. The summed E-state index contributed by atoms with van der Waals surface area (Å²) in [6.07, 6.45) is 3.85. The first-order valence-corrected chi connectivity index (χ1v) is 5.64. The maximum Gasteiger partial charge on any atom is 0.158 e. The summed E-state index contributed by atoms with van der Waals surface area (Å²) in [5.74, 6) is 0.815. The minimum atomic E-state index is 0.403. The van der Waals surface area contributed by atoms with Crippen LogP contribution >= 0.6 is 0 Å². The maximum absolute atomic E-state index is 4.24. The monoisotopic (exact) mass is 219 g/mol. The minimum Gasteiger partial charge on any atom is -0.366 e. The molecule has 0 saturated carbocycles. The fraction of sp³-hybridized carbons (Fsp3) is 0.545. The molecule has 0 spiro atoms. The number of aromatic nitrogens is 4. The second-order valence-electron chi connectivity index (χ2n) is 4.10. The molecule has 0 aliphatic carbocycles. The first-order chi connectivity index (χ1) is 7.72. The Hall–Kier alpha value is -1.65. The molecular weight excluding hydrogens is 202 g/mol. The summed E-state index contributed by atoms with van der Waals surface area (Å²) in [6, 6.07) is 0.403. The van der Waals surface area contributed by atoms with E-state index < -0.39 is 0 Å². The van der Waals surface area contributed by atoms with Crippen LogP contribution in [0.15, 0.2) is 6.33 Å². The lowest BCUT2D eigenvalue weighted by Gasteiger charge is -2.12. The Balaban J connectivity index is 2.30. The molecule has 2 aromatic heterocycles. The van der Waals surface area contributed by atoms with Crippen molar-refractivity contribution >= 4 is 16.9 Å². The molecule has 0 fully saturated rings. The highest BCUT2D eigenvalue weighted by atomic mass is 15.2. The Bertz CT molecular complexity index is 476. The van der Waals surface area contributed by atoms with Crippen LogP contribution in [-0.2, 0) is 0 Å². The van der Waals surface area contributed by atoms with E-state index in [-0.39, 0.29) is 0 Å². The van der Waals surface area contributed by atoms with Gasteiger partial charge in [-0.05, 0) is 20.3 Å². The number of rotatable bonds is 4. The number of aromatic amines is 1. The van der Waals surface area contributed by atoms with E-state index in [9.17, 15) is 0 Å². The molecule has 86 valence electrons. The highest BCUT2D eigenvalue weighted by Crippen LogP contribution is 2.19. The smallest absolute Gasteiger partial charge is 0.158 e. The van der Waals surface area contributed by atoms with Crippen molar-refractivity contribution in [3.63, 3.8) is 0 Å². The van der Waals surface area contributed by atoms with E-state index in [1.54, 1.807) is 6.33 Å². The van der Waals surface area contributed by atoms with Crippen LogP contribution in [0, 0.1) is 6.92 Å². The molecule has 0 bridgehead atoms.